The summed E-state index contributed by atoms with van der Waals surface area (Å²) in [6.45, 7) is 0. The summed E-state index contributed by atoms with van der Waals surface area (Å²) in [5.41, 5.74) is 3.54. The van der Waals surface area contributed by atoms with E-state index in [0.717, 1.165) is 23.1 Å². The van der Waals surface area contributed by atoms with Gasteiger partial charge in [0.15, 0.2) is 9.84 Å². The van der Waals surface area contributed by atoms with Crippen LogP contribution in [0.15, 0.2) is 117 Å². The predicted molar refractivity (Wildman–Crippen MR) is 147 cm³/mol. The quantitative estimate of drug-likeness (QED) is 0.306. The minimum absolute atomic E-state index is 0.000166. The molecule has 4 rings (SSSR count). The molecule has 0 bridgehead atoms. The largest absolute Gasteiger partial charge is 0.388 e. The Kier molecular flexibility index (Phi) is 7.63. The highest BCUT2D eigenvalue weighted by atomic mass is 32.2. The van der Waals surface area contributed by atoms with Gasteiger partial charge in [0.05, 0.1) is 19.6 Å². The van der Waals surface area contributed by atoms with Gasteiger partial charge in [0.25, 0.3) is 10.0 Å². The van der Waals surface area contributed by atoms with Crippen LogP contribution in [0.25, 0.3) is 0 Å². The topological polar surface area (TPSA) is 126 Å². The van der Waals surface area contributed by atoms with Gasteiger partial charge in [-0.2, -0.15) is 0 Å². The highest BCUT2D eigenvalue weighted by Gasteiger charge is 2.21. The second-order valence-electron chi connectivity index (χ2n) is 8.64. The van der Waals surface area contributed by atoms with Gasteiger partial charge >= 0.3 is 0 Å². The molecule has 0 aliphatic carbocycles. The lowest BCUT2D eigenvalue weighted by Crippen LogP contribution is -2.13. The lowest BCUT2D eigenvalue weighted by atomic mass is 10.0. The molecule has 0 aliphatic heterocycles. The monoisotopic (exact) mass is 570 g/mol. The molecule has 11 heteroatoms. The van der Waals surface area contributed by atoms with Crippen LogP contribution in [0.4, 0.5) is 11.4 Å². The summed E-state index contributed by atoms with van der Waals surface area (Å²) in [6.07, 6.45) is 1.73. The smallest absolute Gasteiger partial charge is 0.261 e. The van der Waals surface area contributed by atoms with Crippen LogP contribution < -0.4 is 10.0 Å². The standard InChI is InChI=1S/C27H26N2O6S3/c1-28-22-7-3-20(4-8-22)19-21-5-9-23(10-6-21)29-38(34,35)27-17-15-26(16-18-27)37(32,33)25-13-11-24(12-14-25)36(2,30)31/h3-18,28-29H,19H2,1-2H3. The molecule has 198 valence electrons. The van der Waals surface area contributed by atoms with E-state index in [-0.39, 0.29) is 19.6 Å². The third kappa shape index (κ3) is 6.24. The lowest BCUT2D eigenvalue weighted by Gasteiger charge is -2.10. The molecular weight excluding hydrogens is 545 g/mol. The predicted octanol–water partition coefficient (Wildman–Crippen LogP) is 4.36. The molecule has 0 radical (unpaired) electrons. The zero-order valence-corrected chi connectivity index (χ0v) is 23.1. The van der Waals surface area contributed by atoms with E-state index >= 15 is 0 Å². The number of benzene rings is 4. The van der Waals surface area contributed by atoms with Crippen LogP contribution in [0.5, 0.6) is 0 Å². The van der Waals surface area contributed by atoms with Crippen LogP contribution in [0, 0.1) is 0 Å². The van der Waals surface area contributed by atoms with Gasteiger partial charge in [-0.05, 0) is 90.3 Å². The number of rotatable bonds is 9. The number of sulfonamides is 1. The molecule has 0 heterocycles. The normalized spacial score (nSPS) is 12.2. The highest BCUT2D eigenvalue weighted by molar-refractivity contribution is 7.93. The molecule has 0 aliphatic rings. The Bertz CT molecular complexity index is 1750. The SMILES string of the molecule is CNc1ccc(Cc2ccc(NS(=O)(=O)c3ccc(S(=O)(=O)c4ccc(S(C)(=O)=O)cc4)cc3)cc2)cc1. The Morgan fingerprint density at radius 3 is 1.34 bits per heavy atom. The van der Waals surface area contributed by atoms with Crippen LogP contribution in [0.2, 0.25) is 0 Å². The summed E-state index contributed by atoms with van der Waals surface area (Å²) in [4.78, 5) is -0.315. The number of anilines is 2. The zero-order valence-electron chi connectivity index (χ0n) is 20.6. The Balaban J connectivity index is 1.46. The molecule has 4 aromatic rings. The van der Waals surface area contributed by atoms with Crippen LogP contribution in [0.1, 0.15) is 11.1 Å². The summed E-state index contributed by atoms with van der Waals surface area (Å²) >= 11 is 0. The van der Waals surface area contributed by atoms with E-state index in [1.165, 1.54) is 48.5 Å². The van der Waals surface area contributed by atoms with E-state index in [1.807, 2.05) is 43.4 Å². The molecule has 0 saturated carbocycles. The van der Waals surface area contributed by atoms with Crippen molar-refractivity contribution < 1.29 is 25.3 Å². The van der Waals surface area contributed by atoms with Crippen molar-refractivity contribution in [2.45, 2.75) is 26.0 Å². The summed E-state index contributed by atoms with van der Waals surface area (Å²) in [6, 6.07) is 24.7. The minimum Gasteiger partial charge on any atom is -0.388 e. The Labute approximate surface area is 223 Å². The van der Waals surface area contributed by atoms with Gasteiger partial charge in [0, 0.05) is 24.7 Å². The van der Waals surface area contributed by atoms with E-state index < -0.39 is 29.7 Å². The first kappa shape index (κ1) is 27.4. The average molecular weight is 571 g/mol. The first-order valence-electron chi connectivity index (χ1n) is 11.4. The van der Waals surface area contributed by atoms with Crippen LogP contribution in [-0.2, 0) is 36.1 Å². The average Bonchev–Trinajstić information content (AvgIpc) is 2.90. The van der Waals surface area contributed by atoms with E-state index in [0.29, 0.717) is 12.1 Å². The van der Waals surface area contributed by atoms with Crippen molar-refractivity contribution in [3.63, 3.8) is 0 Å². The molecule has 38 heavy (non-hydrogen) atoms. The lowest BCUT2D eigenvalue weighted by molar-refractivity contribution is 0.593. The Morgan fingerprint density at radius 1 is 0.526 bits per heavy atom. The van der Waals surface area contributed by atoms with E-state index in [1.54, 1.807) is 12.1 Å². The highest BCUT2D eigenvalue weighted by Crippen LogP contribution is 2.25. The Hall–Kier alpha value is -3.67. The van der Waals surface area contributed by atoms with E-state index in [9.17, 15) is 25.3 Å². The van der Waals surface area contributed by atoms with Crippen molar-refractivity contribution in [3.8, 4) is 0 Å². The van der Waals surface area contributed by atoms with Crippen molar-refractivity contribution in [1.82, 2.24) is 0 Å². The fraction of sp³-hybridized carbons (Fsp3) is 0.111. The summed E-state index contributed by atoms with van der Waals surface area (Å²) in [5.74, 6) is 0. The molecule has 0 atom stereocenters. The number of hydrogen-bond acceptors (Lipinski definition) is 7. The molecule has 2 N–H and O–H groups in total. The maximum absolute atomic E-state index is 12.9. The fourth-order valence-electron chi connectivity index (χ4n) is 3.73. The molecule has 0 fully saturated rings. The minimum atomic E-state index is -3.97. The van der Waals surface area contributed by atoms with Crippen LogP contribution in [0.3, 0.4) is 0 Å². The van der Waals surface area contributed by atoms with Crippen molar-refractivity contribution in [1.29, 1.82) is 0 Å². The van der Waals surface area contributed by atoms with Gasteiger partial charge in [0.1, 0.15) is 0 Å². The molecule has 0 saturated heterocycles. The summed E-state index contributed by atoms with van der Waals surface area (Å²) in [5, 5.41) is 3.07. The molecule has 0 spiro atoms. The van der Waals surface area contributed by atoms with Gasteiger partial charge in [-0.15, -0.1) is 0 Å². The number of sulfone groups is 2. The second kappa shape index (κ2) is 10.6. The van der Waals surface area contributed by atoms with E-state index in [2.05, 4.69) is 10.0 Å². The van der Waals surface area contributed by atoms with Crippen LogP contribution in [-0.4, -0.2) is 38.6 Å². The van der Waals surface area contributed by atoms with Crippen molar-refractivity contribution in [3.05, 3.63) is 108 Å². The van der Waals surface area contributed by atoms with Gasteiger partial charge in [-0.1, -0.05) is 24.3 Å². The number of nitrogens with one attached hydrogen (secondary N) is 2. The second-order valence-corrected chi connectivity index (χ2v) is 14.3. The number of hydrogen-bond donors (Lipinski definition) is 2. The van der Waals surface area contributed by atoms with Gasteiger partial charge in [-0.3, -0.25) is 4.72 Å². The Morgan fingerprint density at radius 2 is 0.921 bits per heavy atom. The molecule has 0 unspecified atom stereocenters. The van der Waals surface area contributed by atoms with Crippen LogP contribution >= 0.6 is 0 Å². The van der Waals surface area contributed by atoms with Gasteiger partial charge in [0.2, 0.25) is 9.84 Å². The zero-order chi connectivity index (χ0) is 27.6. The van der Waals surface area contributed by atoms with Crippen molar-refractivity contribution in [2.75, 3.05) is 23.3 Å². The maximum Gasteiger partial charge on any atom is 0.261 e. The fourth-order valence-corrected chi connectivity index (χ4v) is 6.68. The van der Waals surface area contributed by atoms with Crippen molar-refractivity contribution in [2.24, 2.45) is 0 Å². The van der Waals surface area contributed by atoms with E-state index in [4.69, 9.17) is 0 Å². The summed E-state index contributed by atoms with van der Waals surface area (Å²) < 4.78 is 77.4. The molecular formula is C27H26N2O6S3. The first-order valence-corrected chi connectivity index (χ1v) is 16.3. The first-order chi connectivity index (χ1) is 17.9. The third-order valence-electron chi connectivity index (χ3n) is 5.86. The van der Waals surface area contributed by atoms with Gasteiger partial charge in [-0.25, -0.2) is 25.3 Å². The molecule has 4 aromatic carbocycles. The van der Waals surface area contributed by atoms with Crippen molar-refractivity contribution >= 4 is 41.1 Å². The third-order valence-corrected chi connectivity index (χ3v) is 10.2. The molecule has 8 nitrogen and oxygen atoms in total. The maximum atomic E-state index is 12.9. The summed E-state index contributed by atoms with van der Waals surface area (Å²) in [7, 11) is -9.54. The molecule has 0 amide bonds. The molecule has 0 aromatic heterocycles. The van der Waals surface area contributed by atoms with Gasteiger partial charge < -0.3 is 5.32 Å².